The molecule has 0 aliphatic carbocycles. The number of amides is 3. The van der Waals surface area contributed by atoms with Gasteiger partial charge in [-0.05, 0) is 31.0 Å². The summed E-state index contributed by atoms with van der Waals surface area (Å²) in [4.78, 5) is 34.8. The summed E-state index contributed by atoms with van der Waals surface area (Å²) in [5.74, 6) is 0.587. The van der Waals surface area contributed by atoms with E-state index in [-0.39, 0.29) is 18.6 Å². The number of nitrogens with zero attached hydrogens (tertiary/aromatic N) is 4. The summed E-state index contributed by atoms with van der Waals surface area (Å²) in [5, 5.41) is 0. The van der Waals surface area contributed by atoms with E-state index in [2.05, 4.69) is 16.7 Å². The summed E-state index contributed by atoms with van der Waals surface area (Å²) in [5.41, 5.74) is -0.287. The molecule has 3 amide bonds. The third-order valence-corrected chi connectivity index (χ3v) is 6.74. The van der Waals surface area contributed by atoms with E-state index < -0.39 is 5.54 Å². The van der Waals surface area contributed by atoms with Gasteiger partial charge in [0.1, 0.15) is 11.3 Å². The molecule has 1 atom stereocenters. The molecule has 3 aliphatic rings. The van der Waals surface area contributed by atoms with Crippen LogP contribution in [0.5, 0.6) is 5.75 Å². The lowest BCUT2D eigenvalue weighted by molar-refractivity contribution is -0.135. The molecule has 3 fully saturated rings. The lowest BCUT2D eigenvalue weighted by atomic mass is 9.90. The zero-order chi connectivity index (χ0) is 23.3. The van der Waals surface area contributed by atoms with Gasteiger partial charge in [-0.1, -0.05) is 25.5 Å². The fraction of sp³-hybridized carbons (Fsp3) is 0.667. The maximum atomic E-state index is 13.8. The van der Waals surface area contributed by atoms with Crippen LogP contribution in [-0.2, 0) is 19.8 Å². The quantitative estimate of drug-likeness (QED) is 0.412. The SMILES string of the molecule is CCCCOc1ccc([C@@]2(C)C(=O)N(CN3CCOCC3)C(=O)N2CN2CCOCC2)cc1. The zero-order valence-electron chi connectivity index (χ0n) is 19.8. The molecule has 0 N–H and O–H groups in total. The Morgan fingerprint density at radius 2 is 1.48 bits per heavy atom. The molecule has 4 rings (SSSR count). The van der Waals surface area contributed by atoms with E-state index in [1.54, 1.807) is 4.90 Å². The first-order valence-electron chi connectivity index (χ1n) is 12.0. The topological polar surface area (TPSA) is 74.8 Å². The van der Waals surface area contributed by atoms with E-state index in [1.165, 1.54) is 4.90 Å². The van der Waals surface area contributed by atoms with E-state index in [4.69, 9.17) is 14.2 Å². The molecule has 0 unspecified atom stereocenters. The molecule has 3 aliphatic heterocycles. The molecule has 33 heavy (non-hydrogen) atoms. The molecule has 0 bridgehead atoms. The lowest BCUT2D eigenvalue weighted by Crippen LogP contribution is -2.51. The second-order valence-corrected chi connectivity index (χ2v) is 8.99. The van der Waals surface area contributed by atoms with Crippen molar-refractivity contribution in [3.8, 4) is 5.75 Å². The van der Waals surface area contributed by atoms with Gasteiger partial charge in [0.05, 0.1) is 46.4 Å². The number of carbonyl (C=O) groups excluding carboxylic acids is 2. The van der Waals surface area contributed by atoms with Crippen molar-refractivity contribution in [1.82, 2.24) is 19.6 Å². The highest BCUT2D eigenvalue weighted by molar-refractivity contribution is 6.07. The molecular formula is C24H36N4O5. The van der Waals surface area contributed by atoms with Crippen LogP contribution in [-0.4, -0.2) is 104 Å². The summed E-state index contributed by atoms with van der Waals surface area (Å²) in [6.07, 6.45) is 2.07. The number of imide groups is 1. The molecule has 0 radical (unpaired) electrons. The molecule has 182 valence electrons. The molecule has 1 aromatic rings. The van der Waals surface area contributed by atoms with Gasteiger partial charge < -0.3 is 14.2 Å². The molecule has 9 heteroatoms. The Morgan fingerprint density at radius 3 is 2.06 bits per heavy atom. The van der Waals surface area contributed by atoms with Crippen molar-refractivity contribution in [3.05, 3.63) is 29.8 Å². The average molecular weight is 461 g/mol. The van der Waals surface area contributed by atoms with Crippen molar-refractivity contribution in [2.45, 2.75) is 32.2 Å². The normalized spacial score (nSPS) is 25.2. The highest BCUT2D eigenvalue weighted by atomic mass is 16.5. The van der Waals surface area contributed by atoms with Gasteiger partial charge in [0.25, 0.3) is 5.91 Å². The fourth-order valence-electron chi connectivity index (χ4n) is 4.50. The van der Waals surface area contributed by atoms with E-state index in [0.717, 1.165) is 37.2 Å². The minimum atomic E-state index is -1.08. The van der Waals surface area contributed by atoms with Crippen LogP contribution in [0.2, 0.25) is 0 Å². The van der Waals surface area contributed by atoms with E-state index in [9.17, 15) is 9.59 Å². The van der Waals surface area contributed by atoms with Crippen LogP contribution in [0.15, 0.2) is 24.3 Å². The van der Waals surface area contributed by atoms with Crippen LogP contribution in [0.4, 0.5) is 4.79 Å². The summed E-state index contributed by atoms with van der Waals surface area (Å²) in [6.45, 7) is 10.7. The third kappa shape index (κ3) is 5.16. The van der Waals surface area contributed by atoms with Gasteiger partial charge in [0, 0.05) is 26.2 Å². The van der Waals surface area contributed by atoms with Gasteiger partial charge in [0.15, 0.2) is 0 Å². The summed E-state index contributed by atoms with van der Waals surface area (Å²) in [6, 6.07) is 7.37. The van der Waals surface area contributed by atoms with Crippen molar-refractivity contribution < 1.29 is 23.8 Å². The van der Waals surface area contributed by atoms with Crippen molar-refractivity contribution in [2.75, 3.05) is 72.6 Å². The molecule has 1 aromatic carbocycles. The monoisotopic (exact) mass is 460 g/mol. The average Bonchev–Trinajstić information content (AvgIpc) is 3.02. The molecule has 3 heterocycles. The van der Waals surface area contributed by atoms with E-state index >= 15 is 0 Å². The molecular weight excluding hydrogens is 424 g/mol. The summed E-state index contributed by atoms with van der Waals surface area (Å²) in [7, 11) is 0. The number of ether oxygens (including phenoxy) is 3. The van der Waals surface area contributed by atoms with Gasteiger partial charge in [-0.15, -0.1) is 0 Å². The predicted octanol–water partition coefficient (Wildman–Crippen LogP) is 1.92. The van der Waals surface area contributed by atoms with E-state index in [1.807, 2.05) is 31.2 Å². The van der Waals surface area contributed by atoms with Gasteiger partial charge in [-0.3, -0.25) is 19.5 Å². The molecule has 9 nitrogen and oxygen atoms in total. The molecule has 0 aromatic heterocycles. The number of hydrogen-bond donors (Lipinski definition) is 0. The number of carbonyl (C=O) groups is 2. The molecule has 0 spiro atoms. The number of unbranched alkanes of at least 4 members (excludes halogenated alkanes) is 1. The first kappa shape index (κ1) is 23.9. The fourth-order valence-corrected chi connectivity index (χ4v) is 4.50. The number of benzene rings is 1. The van der Waals surface area contributed by atoms with Crippen molar-refractivity contribution in [1.29, 1.82) is 0 Å². The standard InChI is InChI=1S/C24H36N4O5/c1-3-4-13-33-21-7-5-20(6-8-21)24(2)22(29)27(18-25-9-14-31-15-10-25)23(30)28(24)19-26-11-16-32-17-12-26/h5-8H,3-4,9-19H2,1-2H3/t24-/m0/s1. The molecule has 0 saturated carbocycles. The van der Waals surface area contributed by atoms with Gasteiger partial charge in [-0.2, -0.15) is 0 Å². The largest absolute Gasteiger partial charge is 0.494 e. The lowest BCUT2D eigenvalue weighted by Gasteiger charge is -2.37. The van der Waals surface area contributed by atoms with Crippen LogP contribution in [0, 0.1) is 0 Å². The van der Waals surface area contributed by atoms with Crippen LogP contribution in [0.1, 0.15) is 32.3 Å². The zero-order valence-corrected chi connectivity index (χ0v) is 19.8. The Balaban J connectivity index is 1.58. The predicted molar refractivity (Wildman–Crippen MR) is 123 cm³/mol. The Bertz CT molecular complexity index is 808. The smallest absolute Gasteiger partial charge is 0.330 e. The number of rotatable bonds is 9. The molecule has 3 saturated heterocycles. The Hall–Kier alpha value is -2.20. The van der Waals surface area contributed by atoms with Crippen LogP contribution < -0.4 is 4.74 Å². The number of hydrogen-bond acceptors (Lipinski definition) is 7. The highest BCUT2D eigenvalue weighted by Gasteiger charge is 2.56. The summed E-state index contributed by atoms with van der Waals surface area (Å²) < 4.78 is 16.7. The summed E-state index contributed by atoms with van der Waals surface area (Å²) >= 11 is 0. The van der Waals surface area contributed by atoms with Crippen molar-refractivity contribution in [3.63, 3.8) is 0 Å². The Morgan fingerprint density at radius 1 is 0.909 bits per heavy atom. The number of urea groups is 1. The second-order valence-electron chi connectivity index (χ2n) is 8.99. The second kappa shape index (κ2) is 10.8. The number of morpholine rings is 2. The Labute approximate surface area is 196 Å². The maximum Gasteiger partial charge on any atom is 0.330 e. The first-order valence-corrected chi connectivity index (χ1v) is 12.0. The van der Waals surface area contributed by atoms with Crippen LogP contribution in [0.25, 0.3) is 0 Å². The first-order chi connectivity index (χ1) is 16.0. The van der Waals surface area contributed by atoms with Gasteiger partial charge >= 0.3 is 6.03 Å². The van der Waals surface area contributed by atoms with Gasteiger partial charge in [0.2, 0.25) is 0 Å². The minimum Gasteiger partial charge on any atom is -0.494 e. The van der Waals surface area contributed by atoms with Crippen LogP contribution in [0.3, 0.4) is 0 Å². The maximum absolute atomic E-state index is 13.8. The third-order valence-electron chi connectivity index (χ3n) is 6.74. The Kier molecular flexibility index (Phi) is 7.85. The highest BCUT2D eigenvalue weighted by Crippen LogP contribution is 2.38. The minimum absolute atomic E-state index is 0.188. The van der Waals surface area contributed by atoms with E-state index in [0.29, 0.717) is 52.8 Å². The van der Waals surface area contributed by atoms with Crippen molar-refractivity contribution in [2.24, 2.45) is 0 Å². The van der Waals surface area contributed by atoms with Gasteiger partial charge in [-0.25, -0.2) is 9.69 Å². The van der Waals surface area contributed by atoms with Crippen molar-refractivity contribution >= 4 is 11.9 Å². The van der Waals surface area contributed by atoms with Crippen LogP contribution >= 0.6 is 0 Å².